The second-order valence-corrected chi connectivity index (χ2v) is 5.20. The van der Waals surface area contributed by atoms with Gasteiger partial charge in [0.1, 0.15) is 0 Å². The fourth-order valence-electron chi connectivity index (χ4n) is 2.71. The number of hydrogen-bond acceptors (Lipinski definition) is 4. The van der Waals surface area contributed by atoms with Gasteiger partial charge in [-0.2, -0.15) is 5.10 Å². The van der Waals surface area contributed by atoms with Crippen molar-refractivity contribution < 1.29 is 4.74 Å². The van der Waals surface area contributed by atoms with E-state index in [4.69, 9.17) is 10.5 Å². The number of aromatic nitrogens is 3. The molecule has 3 heterocycles. The largest absolute Gasteiger partial charge is 0.382 e. The van der Waals surface area contributed by atoms with E-state index in [1.54, 1.807) is 6.20 Å². The van der Waals surface area contributed by atoms with Gasteiger partial charge in [-0.25, -0.2) is 0 Å². The van der Waals surface area contributed by atoms with Crippen LogP contribution >= 0.6 is 0 Å². The molecular formula is C15H20N4O. The summed E-state index contributed by atoms with van der Waals surface area (Å²) in [6.45, 7) is 0.892. The Morgan fingerprint density at radius 3 is 3.05 bits per heavy atom. The summed E-state index contributed by atoms with van der Waals surface area (Å²) in [6.07, 6.45) is 7.64. The van der Waals surface area contributed by atoms with Crippen molar-refractivity contribution in [2.24, 2.45) is 0 Å². The van der Waals surface area contributed by atoms with Crippen molar-refractivity contribution in [1.82, 2.24) is 15.2 Å². The van der Waals surface area contributed by atoms with Gasteiger partial charge in [-0.05, 0) is 44.2 Å². The lowest BCUT2D eigenvalue weighted by molar-refractivity contribution is 0.0114. The summed E-state index contributed by atoms with van der Waals surface area (Å²) in [5, 5.41) is 7.17. The Morgan fingerprint density at radius 1 is 1.35 bits per heavy atom. The van der Waals surface area contributed by atoms with Crippen LogP contribution in [0.15, 0.2) is 24.4 Å². The van der Waals surface area contributed by atoms with Crippen LogP contribution in [0.25, 0.3) is 11.3 Å². The molecule has 3 rings (SSSR count). The number of nitrogens with two attached hydrogens (primary N) is 1. The van der Waals surface area contributed by atoms with Crippen molar-refractivity contribution in [3.8, 4) is 11.3 Å². The first-order valence-electron chi connectivity index (χ1n) is 7.20. The van der Waals surface area contributed by atoms with Gasteiger partial charge in [0.15, 0.2) is 5.82 Å². The van der Waals surface area contributed by atoms with Gasteiger partial charge in [0, 0.05) is 18.5 Å². The highest BCUT2D eigenvalue weighted by Crippen LogP contribution is 2.28. The number of nitrogens with one attached hydrogen (secondary N) is 1. The van der Waals surface area contributed by atoms with E-state index in [0.717, 1.165) is 42.8 Å². The van der Waals surface area contributed by atoms with Crippen LogP contribution in [-0.4, -0.2) is 27.9 Å². The third-order valence-electron chi connectivity index (χ3n) is 3.78. The average molecular weight is 272 g/mol. The maximum Gasteiger partial charge on any atom is 0.154 e. The van der Waals surface area contributed by atoms with Crippen LogP contribution in [-0.2, 0) is 11.2 Å². The van der Waals surface area contributed by atoms with Gasteiger partial charge < -0.3 is 10.5 Å². The SMILES string of the molecule is Nc1n[nH]c(CCC2CCCCO2)c1-c1ccccn1. The van der Waals surface area contributed by atoms with Gasteiger partial charge in [-0.3, -0.25) is 10.1 Å². The first kappa shape index (κ1) is 13.1. The predicted molar refractivity (Wildman–Crippen MR) is 78.1 cm³/mol. The molecule has 1 saturated heterocycles. The van der Waals surface area contributed by atoms with E-state index in [-0.39, 0.29) is 0 Å². The molecule has 0 radical (unpaired) electrons. The standard InChI is InChI=1S/C15H20N4O/c16-15-14(12-6-1-3-9-17-12)13(18-19-15)8-7-11-5-2-4-10-20-11/h1,3,6,9,11H,2,4-5,7-8,10H2,(H3,16,18,19). The molecule has 0 aromatic carbocycles. The zero-order valence-electron chi connectivity index (χ0n) is 11.5. The van der Waals surface area contributed by atoms with Crippen LogP contribution in [0.2, 0.25) is 0 Å². The monoisotopic (exact) mass is 272 g/mol. The topological polar surface area (TPSA) is 76.8 Å². The van der Waals surface area contributed by atoms with Gasteiger partial charge in [0.05, 0.1) is 17.4 Å². The number of ether oxygens (including phenoxy) is 1. The number of nitrogens with zero attached hydrogens (tertiary/aromatic N) is 2. The highest BCUT2D eigenvalue weighted by atomic mass is 16.5. The fourth-order valence-corrected chi connectivity index (χ4v) is 2.71. The summed E-state index contributed by atoms with van der Waals surface area (Å²) in [5.74, 6) is 0.517. The molecule has 0 spiro atoms. The molecule has 0 amide bonds. The second-order valence-electron chi connectivity index (χ2n) is 5.20. The molecule has 3 N–H and O–H groups in total. The zero-order valence-corrected chi connectivity index (χ0v) is 11.5. The third-order valence-corrected chi connectivity index (χ3v) is 3.78. The van der Waals surface area contributed by atoms with Crippen molar-refractivity contribution in [1.29, 1.82) is 0 Å². The van der Waals surface area contributed by atoms with Crippen molar-refractivity contribution in [2.45, 2.75) is 38.2 Å². The third kappa shape index (κ3) is 2.82. The van der Waals surface area contributed by atoms with Crippen molar-refractivity contribution >= 4 is 5.82 Å². The number of aromatic amines is 1. The van der Waals surface area contributed by atoms with E-state index >= 15 is 0 Å². The first-order valence-corrected chi connectivity index (χ1v) is 7.20. The molecule has 20 heavy (non-hydrogen) atoms. The number of nitrogen functional groups attached to an aromatic ring is 1. The molecule has 1 fully saturated rings. The molecular weight excluding hydrogens is 252 g/mol. The molecule has 5 heteroatoms. The molecule has 2 aromatic rings. The zero-order chi connectivity index (χ0) is 13.8. The first-order chi connectivity index (χ1) is 9.84. The molecule has 106 valence electrons. The maximum absolute atomic E-state index is 5.97. The molecule has 1 aliphatic rings. The lowest BCUT2D eigenvalue weighted by Gasteiger charge is -2.22. The van der Waals surface area contributed by atoms with Crippen molar-refractivity contribution in [2.75, 3.05) is 12.3 Å². The molecule has 1 aliphatic heterocycles. The second kappa shape index (κ2) is 6.05. The molecule has 0 aliphatic carbocycles. The highest BCUT2D eigenvalue weighted by molar-refractivity contribution is 5.73. The molecule has 1 atom stereocenters. The predicted octanol–water partition coefficient (Wildman–Crippen LogP) is 2.56. The Labute approximate surface area is 118 Å². The lowest BCUT2D eigenvalue weighted by atomic mass is 10.0. The Kier molecular flexibility index (Phi) is 3.97. The molecule has 5 nitrogen and oxygen atoms in total. The summed E-state index contributed by atoms with van der Waals surface area (Å²) < 4.78 is 5.77. The van der Waals surface area contributed by atoms with Crippen LogP contribution in [0, 0.1) is 0 Å². The van der Waals surface area contributed by atoms with Crippen LogP contribution in [0.1, 0.15) is 31.4 Å². The molecule has 2 aromatic heterocycles. The number of hydrogen-bond donors (Lipinski definition) is 2. The summed E-state index contributed by atoms with van der Waals surface area (Å²) >= 11 is 0. The van der Waals surface area contributed by atoms with Crippen LogP contribution in [0.5, 0.6) is 0 Å². The smallest absolute Gasteiger partial charge is 0.154 e. The molecule has 0 saturated carbocycles. The van der Waals surface area contributed by atoms with Crippen LogP contribution in [0.4, 0.5) is 5.82 Å². The number of rotatable bonds is 4. The van der Waals surface area contributed by atoms with Crippen LogP contribution in [0.3, 0.4) is 0 Å². The Bertz CT molecular complexity index is 546. The minimum atomic E-state index is 0.366. The van der Waals surface area contributed by atoms with Gasteiger partial charge in [-0.1, -0.05) is 6.07 Å². The lowest BCUT2D eigenvalue weighted by Crippen LogP contribution is -2.19. The number of anilines is 1. The summed E-state index contributed by atoms with van der Waals surface area (Å²) in [4.78, 5) is 4.37. The minimum Gasteiger partial charge on any atom is -0.382 e. The highest BCUT2D eigenvalue weighted by Gasteiger charge is 2.18. The van der Waals surface area contributed by atoms with E-state index in [0.29, 0.717) is 11.9 Å². The van der Waals surface area contributed by atoms with E-state index < -0.39 is 0 Å². The van der Waals surface area contributed by atoms with E-state index in [9.17, 15) is 0 Å². The van der Waals surface area contributed by atoms with Gasteiger partial charge >= 0.3 is 0 Å². The Hall–Kier alpha value is -1.88. The average Bonchev–Trinajstić information content (AvgIpc) is 2.88. The minimum absolute atomic E-state index is 0.366. The van der Waals surface area contributed by atoms with Gasteiger partial charge in [0.2, 0.25) is 0 Å². The normalized spacial score (nSPS) is 19.1. The quantitative estimate of drug-likeness (QED) is 0.896. The van der Waals surface area contributed by atoms with Crippen molar-refractivity contribution in [3.05, 3.63) is 30.1 Å². The maximum atomic E-state index is 5.97. The van der Waals surface area contributed by atoms with Gasteiger partial charge in [-0.15, -0.1) is 0 Å². The Morgan fingerprint density at radius 2 is 2.30 bits per heavy atom. The van der Waals surface area contributed by atoms with Crippen LogP contribution < -0.4 is 5.73 Å². The summed E-state index contributed by atoms with van der Waals surface area (Å²) in [6, 6.07) is 5.82. The molecule has 0 bridgehead atoms. The van der Waals surface area contributed by atoms with Crippen molar-refractivity contribution in [3.63, 3.8) is 0 Å². The summed E-state index contributed by atoms with van der Waals surface area (Å²) in [5.41, 5.74) is 8.83. The number of H-pyrrole nitrogens is 1. The Balaban J connectivity index is 1.74. The molecule has 1 unspecified atom stereocenters. The van der Waals surface area contributed by atoms with E-state index in [1.165, 1.54) is 12.8 Å². The number of pyridine rings is 1. The van der Waals surface area contributed by atoms with E-state index in [1.807, 2.05) is 18.2 Å². The fraction of sp³-hybridized carbons (Fsp3) is 0.467. The van der Waals surface area contributed by atoms with Gasteiger partial charge in [0.25, 0.3) is 0 Å². The number of aryl methyl sites for hydroxylation is 1. The summed E-state index contributed by atoms with van der Waals surface area (Å²) in [7, 11) is 0. The van der Waals surface area contributed by atoms with E-state index in [2.05, 4.69) is 15.2 Å².